The number of aryl methyl sites for hydroxylation is 2. The predicted octanol–water partition coefficient (Wildman–Crippen LogP) is 0.314. The molecule has 1 fully saturated rings. The number of carbonyl (C=O) groups is 3. The molecule has 0 aromatic heterocycles. The molecule has 2 rings (SSSR count). The molecule has 0 aliphatic carbocycles. The normalized spacial score (nSPS) is 14.8. The average Bonchev–Trinajstić information content (AvgIpc) is 2.59. The van der Waals surface area contributed by atoms with Crippen LogP contribution >= 0.6 is 0 Å². The molecule has 1 aliphatic heterocycles. The van der Waals surface area contributed by atoms with Gasteiger partial charge in [-0.3, -0.25) is 19.3 Å². The van der Waals surface area contributed by atoms with Gasteiger partial charge in [0.15, 0.2) is 0 Å². The second-order valence-corrected chi connectivity index (χ2v) is 6.67. The number of carbonyl (C=O) groups excluding carboxylic acids is 3. The number of nitrogens with zero attached hydrogens (tertiary/aromatic N) is 2. The molecule has 7 nitrogen and oxygen atoms in total. The van der Waals surface area contributed by atoms with Crippen molar-refractivity contribution in [2.75, 3.05) is 45.8 Å². The van der Waals surface area contributed by atoms with Crippen molar-refractivity contribution in [3.8, 4) is 0 Å². The van der Waals surface area contributed by atoms with E-state index in [2.05, 4.69) is 10.6 Å². The molecule has 7 heteroatoms. The van der Waals surface area contributed by atoms with Crippen LogP contribution in [-0.4, -0.2) is 73.3 Å². The Morgan fingerprint density at radius 3 is 2.15 bits per heavy atom. The summed E-state index contributed by atoms with van der Waals surface area (Å²) in [6, 6.07) is 5.63. The molecule has 0 atom stereocenters. The molecule has 0 unspecified atom stereocenters. The molecule has 142 valence electrons. The Kier molecular flexibility index (Phi) is 7.15. The van der Waals surface area contributed by atoms with Gasteiger partial charge in [-0.05, 0) is 32.9 Å². The topological polar surface area (TPSA) is 81.8 Å². The van der Waals surface area contributed by atoms with Gasteiger partial charge in [0.1, 0.15) is 0 Å². The quantitative estimate of drug-likeness (QED) is 0.765. The molecule has 1 aromatic rings. The number of hydrogen-bond donors (Lipinski definition) is 2. The van der Waals surface area contributed by atoms with Gasteiger partial charge < -0.3 is 15.5 Å². The Labute approximate surface area is 154 Å². The number of rotatable bonds is 6. The molecule has 0 saturated carbocycles. The molecule has 2 N–H and O–H groups in total. The van der Waals surface area contributed by atoms with E-state index >= 15 is 0 Å². The van der Waals surface area contributed by atoms with E-state index in [4.69, 9.17) is 0 Å². The number of likely N-dealkylation sites (N-methyl/N-ethyl adjacent to an activating group) is 1. The van der Waals surface area contributed by atoms with Gasteiger partial charge in [0.25, 0.3) is 5.91 Å². The van der Waals surface area contributed by atoms with Gasteiger partial charge in [0.2, 0.25) is 11.8 Å². The third-order valence-electron chi connectivity index (χ3n) is 4.35. The van der Waals surface area contributed by atoms with Gasteiger partial charge in [-0.15, -0.1) is 0 Å². The van der Waals surface area contributed by atoms with E-state index < -0.39 is 0 Å². The van der Waals surface area contributed by atoms with Crippen molar-refractivity contribution in [2.45, 2.75) is 20.8 Å². The highest BCUT2D eigenvalue weighted by Gasteiger charge is 2.22. The largest absolute Gasteiger partial charge is 0.355 e. The second-order valence-electron chi connectivity index (χ2n) is 6.67. The van der Waals surface area contributed by atoms with Crippen molar-refractivity contribution < 1.29 is 14.4 Å². The summed E-state index contributed by atoms with van der Waals surface area (Å²) >= 11 is 0. The zero-order valence-electron chi connectivity index (χ0n) is 15.8. The average molecular weight is 360 g/mol. The van der Waals surface area contributed by atoms with Gasteiger partial charge >= 0.3 is 0 Å². The van der Waals surface area contributed by atoms with Crippen LogP contribution in [0.15, 0.2) is 18.2 Å². The first kappa shape index (κ1) is 19.9. The minimum atomic E-state index is -0.236. The molecule has 1 heterocycles. The summed E-state index contributed by atoms with van der Waals surface area (Å²) in [7, 11) is 0. The zero-order valence-corrected chi connectivity index (χ0v) is 15.8. The Morgan fingerprint density at radius 1 is 0.962 bits per heavy atom. The summed E-state index contributed by atoms with van der Waals surface area (Å²) in [6.07, 6.45) is 0. The van der Waals surface area contributed by atoms with Gasteiger partial charge in [0.05, 0.1) is 13.1 Å². The Hall–Kier alpha value is -2.41. The Morgan fingerprint density at radius 2 is 1.58 bits per heavy atom. The van der Waals surface area contributed by atoms with Crippen LogP contribution in [0, 0.1) is 13.8 Å². The van der Waals surface area contributed by atoms with Crippen LogP contribution in [0.2, 0.25) is 0 Å². The standard InChI is InChI=1S/C19H28N4O3/c1-4-20-17(24)13-22-5-7-23(8-6-22)18(25)12-21-19(26)16-10-14(2)9-15(3)11-16/h9-11H,4-8,12-13H2,1-3H3,(H,20,24)(H,21,26). The van der Waals surface area contributed by atoms with Crippen LogP contribution in [-0.2, 0) is 9.59 Å². The van der Waals surface area contributed by atoms with Crippen LogP contribution in [0.1, 0.15) is 28.4 Å². The fraction of sp³-hybridized carbons (Fsp3) is 0.526. The lowest BCUT2D eigenvalue weighted by Gasteiger charge is -2.34. The van der Waals surface area contributed by atoms with E-state index in [-0.39, 0.29) is 24.3 Å². The SMILES string of the molecule is CCNC(=O)CN1CCN(C(=O)CNC(=O)c2cc(C)cc(C)c2)CC1. The lowest BCUT2D eigenvalue weighted by molar-refractivity contribution is -0.132. The minimum absolute atomic E-state index is 0.00740. The van der Waals surface area contributed by atoms with Crippen LogP contribution < -0.4 is 10.6 Å². The van der Waals surface area contributed by atoms with Gasteiger partial charge in [-0.2, -0.15) is 0 Å². The van der Waals surface area contributed by atoms with E-state index in [0.29, 0.717) is 44.8 Å². The molecular formula is C19H28N4O3. The summed E-state index contributed by atoms with van der Waals surface area (Å²) in [4.78, 5) is 39.9. The lowest BCUT2D eigenvalue weighted by atomic mass is 10.1. The lowest BCUT2D eigenvalue weighted by Crippen LogP contribution is -2.52. The number of amides is 3. The molecule has 1 aromatic carbocycles. The number of piperazine rings is 1. The van der Waals surface area contributed by atoms with Gasteiger partial charge in [-0.1, -0.05) is 17.2 Å². The van der Waals surface area contributed by atoms with Crippen molar-refractivity contribution in [1.82, 2.24) is 20.4 Å². The first-order valence-corrected chi connectivity index (χ1v) is 9.02. The molecule has 3 amide bonds. The van der Waals surface area contributed by atoms with Gasteiger partial charge in [0, 0.05) is 38.3 Å². The second kappa shape index (κ2) is 9.33. The minimum Gasteiger partial charge on any atom is -0.355 e. The maximum Gasteiger partial charge on any atom is 0.251 e. The molecule has 1 saturated heterocycles. The third kappa shape index (κ3) is 5.84. The summed E-state index contributed by atoms with van der Waals surface area (Å²) < 4.78 is 0. The first-order chi connectivity index (χ1) is 12.4. The van der Waals surface area contributed by atoms with E-state index in [1.165, 1.54) is 0 Å². The molecular weight excluding hydrogens is 332 g/mol. The van der Waals surface area contributed by atoms with Gasteiger partial charge in [-0.25, -0.2) is 0 Å². The molecule has 0 bridgehead atoms. The number of benzene rings is 1. The number of hydrogen-bond acceptors (Lipinski definition) is 4. The zero-order chi connectivity index (χ0) is 19.1. The highest BCUT2D eigenvalue weighted by Crippen LogP contribution is 2.09. The monoisotopic (exact) mass is 360 g/mol. The maximum absolute atomic E-state index is 12.3. The van der Waals surface area contributed by atoms with Crippen LogP contribution in [0.3, 0.4) is 0 Å². The molecule has 0 spiro atoms. The summed E-state index contributed by atoms with van der Waals surface area (Å²) in [5.41, 5.74) is 2.61. The predicted molar refractivity (Wildman–Crippen MR) is 100.0 cm³/mol. The summed E-state index contributed by atoms with van der Waals surface area (Å²) in [5.74, 6) is -0.326. The molecule has 26 heavy (non-hydrogen) atoms. The highest BCUT2D eigenvalue weighted by atomic mass is 16.2. The Bertz CT molecular complexity index is 646. The van der Waals surface area contributed by atoms with Crippen LogP contribution in [0.5, 0.6) is 0 Å². The van der Waals surface area contributed by atoms with Crippen molar-refractivity contribution in [3.05, 3.63) is 34.9 Å². The smallest absolute Gasteiger partial charge is 0.251 e. The van der Waals surface area contributed by atoms with Crippen molar-refractivity contribution >= 4 is 17.7 Å². The maximum atomic E-state index is 12.3. The third-order valence-corrected chi connectivity index (χ3v) is 4.35. The summed E-state index contributed by atoms with van der Waals surface area (Å²) in [6.45, 7) is 9.20. The van der Waals surface area contributed by atoms with Crippen LogP contribution in [0.4, 0.5) is 0 Å². The van der Waals surface area contributed by atoms with E-state index in [9.17, 15) is 14.4 Å². The van der Waals surface area contributed by atoms with Crippen molar-refractivity contribution in [2.24, 2.45) is 0 Å². The van der Waals surface area contributed by atoms with E-state index in [1.807, 2.05) is 43.9 Å². The molecule has 0 radical (unpaired) electrons. The highest BCUT2D eigenvalue weighted by molar-refractivity contribution is 5.96. The van der Waals surface area contributed by atoms with E-state index in [1.54, 1.807) is 4.90 Å². The van der Waals surface area contributed by atoms with Crippen molar-refractivity contribution in [3.63, 3.8) is 0 Å². The first-order valence-electron chi connectivity index (χ1n) is 9.02. The number of nitrogens with one attached hydrogen (secondary N) is 2. The van der Waals surface area contributed by atoms with Crippen LogP contribution in [0.25, 0.3) is 0 Å². The summed E-state index contributed by atoms with van der Waals surface area (Å²) in [5, 5.41) is 5.48. The fourth-order valence-corrected chi connectivity index (χ4v) is 3.09. The van der Waals surface area contributed by atoms with Crippen molar-refractivity contribution in [1.29, 1.82) is 0 Å². The van der Waals surface area contributed by atoms with E-state index in [0.717, 1.165) is 11.1 Å². The molecule has 1 aliphatic rings. The Balaban J connectivity index is 1.77. The fourth-order valence-electron chi connectivity index (χ4n) is 3.09.